The fourth-order valence-electron chi connectivity index (χ4n) is 3.90. The van der Waals surface area contributed by atoms with Crippen LogP contribution in [-0.2, 0) is 6.42 Å². The lowest BCUT2D eigenvalue weighted by Crippen LogP contribution is -2.43. The van der Waals surface area contributed by atoms with E-state index in [1.807, 2.05) is 0 Å². The quantitative estimate of drug-likeness (QED) is 0.871. The van der Waals surface area contributed by atoms with Crippen LogP contribution in [0.25, 0.3) is 0 Å². The van der Waals surface area contributed by atoms with E-state index >= 15 is 0 Å². The molecule has 1 aromatic rings. The summed E-state index contributed by atoms with van der Waals surface area (Å²) in [7, 11) is 1.72. The monoisotopic (exact) mass is 288 g/mol. The van der Waals surface area contributed by atoms with Gasteiger partial charge in [0.05, 0.1) is 7.11 Å². The van der Waals surface area contributed by atoms with Crippen LogP contribution in [0.4, 0.5) is 0 Å². The SMILES string of the molecule is COc1ccc(CCC(C)NC2CCN3CCCC23)cc1. The van der Waals surface area contributed by atoms with Crippen LogP contribution in [0.15, 0.2) is 24.3 Å². The highest BCUT2D eigenvalue weighted by molar-refractivity contribution is 5.27. The molecule has 3 unspecified atom stereocenters. The maximum Gasteiger partial charge on any atom is 0.118 e. The Labute approximate surface area is 128 Å². The number of aryl methyl sites for hydroxylation is 1. The molecule has 1 N–H and O–H groups in total. The molecule has 2 aliphatic rings. The first-order valence-electron chi connectivity index (χ1n) is 8.39. The van der Waals surface area contributed by atoms with Crippen molar-refractivity contribution in [1.29, 1.82) is 0 Å². The van der Waals surface area contributed by atoms with E-state index in [-0.39, 0.29) is 0 Å². The standard InChI is InChI=1S/C18H28N2O/c1-14(5-6-15-7-9-16(21-2)10-8-15)19-17-11-13-20-12-3-4-18(17)20/h7-10,14,17-19H,3-6,11-13H2,1-2H3. The summed E-state index contributed by atoms with van der Waals surface area (Å²) in [6, 6.07) is 10.6. The third-order valence-electron chi connectivity index (χ3n) is 5.13. The zero-order chi connectivity index (χ0) is 14.7. The summed E-state index contributed by atoms with van der Waals surface area (Å²) in [4.78, 5) is 2.67. The second-order valence-corrected chi connectivity index (χ2v) is 6.60. The van der Waals surface area contributed by atoms with E-state index in [1.165, 1.54) is 44.3 Å². The molecular weight excluding hydrogens is 260 g/mol. The minimum atomic E-state index is 0.595. The lowest BCUT2D eigenvalue weighted by atomic mass is 10.0. The normalized spacial score (nSPS) is 26.8. The van der Waals surface area contributed by atoms with Crippen molar-refractivity contribution in [2.24, 2.45) is 0 Å². The van der Waals surface area contributed by atoms with Crippen LogP contribution < -0.4 is 10.1 Å². The second-order valence-electron chi connectivity index (χ2n) is 6.60. The van der Waals surface area contributed by atoms with Crippen molar-refractivity contribution < 1.29 is 4.74 Å². The Kier molecular flexibility index (Phi) is 4.81. The molecule has 0 aliphatic carbocycles. The fourth-order valence-corrected chi connectivity index (χ4v) is 3.90. The van der Waals surface area contributed by atoms with Gasteiger partial charge in [-0.05, 0) is 63.3 Å². The van der Waals surface area contributed by atoms with E-state index in [0.29, 0.717) is 6.04 Å². The predicted octanol–water partition coefficient (Wildman–Crippen LogP) is 2.84. The van der Waals surface area contributed by atoms with Gasteiger partial charge in [-0.3, -0.25) is 4.90 Å². The highest BCUT2D eigenvalue weighted by Crippen LogP contribution is 2.28. The van der Waals surface area contributed by atoms with E-state index in [4.69, 9.17) is 4.74 Å². The van der Waals surface area contributed by atoms with Gasteiger partial charge in [0, 0.05) is 24.7 Å². The summed E-state index contributed by atoms with van der Waals surface area (Å²) < 4.78 is 5.21. The number of hydrogen-bond acceptors (Lipinski definition) is 3. The molecule has 3 rings (SSSR count). The highest BCUT2D eigenvalue weighted by Gasteiger charge is 2.37. The van der Waals surface area contributed by atoms with Crippen molar-refractivity contribution in [2.45, 2.75) is 57.2 Å². The summed E-state index contributed by atoms with van der Waals surface area (Å²) in [6.45, 7) is 4.96. The summed E-state index contributed by atoms with van der Waals surface area (Å²) in [5.41, 5.74) is 1.40. The Morgan fingerprint density at radius 2 is 2.05 bits per heavy atom. The topological polar surface area (TPSA) is 24.5 Å². The minimum absolute atomic E-state index is 0.595. The summed E-state index contributed by atoms with van der Waals surface area (Å²) >= 11 is 0. The van der Waals surface area contributed by atoms with Gasteiger partial charge in [-0.25, -0.2) is 0 Å². The molecule has 0 radical (unpaired) electrons. The molecule has 3 atom stereocenters. The van der Waals surface area contributed by atoms with E-state index in [1.54, 1.807) is 7.11 Å². The highest BCUT2D eigenvalue weighted by atomic mass is 16.5. The van der Waals surface area contributed by atoms with E-state index < -0.39 is 0 Å². The zero-order valence-electron chi connectivity index (χ0n) is 13.3. The number of methoxy groups -OCH3 is 1. The van der Waals surface area contributed by atoms with Gasteiger partial charge in [0.1, 0.15) is 5.75 Å². The average molecular weight is 288 g/mol. The molecule has 3 heteroatoms. The molecule has 0 saturated carbocycles. The van der Waals surface area contributed by atoms with Crippen LogP contribution in [0.5, 0.6) is 5.75 Å². The van der Waals surface area contributed by atoms with Crippen LogP contribution in [-0.4, -0.2) is 43.2 Å². The fraction of sp³-hybridized carbons (Fsp3) is 0.667. The molecule has 1 aromatic carbocycles. The maximum atomic E-state index is 5.21. The van der Waals surface area contributed by atoms with Crippen molar-refractivity contribution >= 4 is 0 Å². The van der Waals surface area contributed by atoms with Gasteiger partial charge in [0.25, 0.3) is 0 Å². The van der Waals surface area contributed by atoms with E-state index in [9.17, 15) is 0 Å². The molecule has 0 amide bonds. The number of nitrogens with zero attached hydrogens (tertiary/aromatic N) is 1. The molecule has 0 spiro atoms. The summed E-state index contributed by atoms with van der Waals surface area (Å²) in [5, 5.41) is 3.88. The molecule has 0 aromatic heterocycles. The lowest BCUT2D eigenvalue weighted by molar-refractivity contribution is 0.288. The molecule has 2 heterocycles. The van der Waals surface area contributed by atoms with Gasteiger partial charge < -0.3 is 10.1 Å². The first-order chi connectivity index (χ1) is 10.3. The van der Waals surface area contributed by atoms with Crippen LogP contribution >= 0.6 is 0 Å². The lowest BCUT2D eigenvalue weighted by Gasteiger charge is -2.25. The third-order valence-corrected chi connectivity index (χ3v) is 5.13. The summed E-state index contributed by atoms with van der Waals surface area (Å²) in [6.07, 6.45) is 6.46. The second kappa shape index (κ2) is 6.80. The van der Waals surface area contributed by atoms with Crippen molar-refractivity contribution in [3.8, 4) is 5.75 Å². The molecule has 0 bridgehead atoms. The Bertz CT molecular complexity index is 445. The van der Waals surface area contributed by atoms with Crippen molar-refractivity contribution in [3.63, 3.8) is 0 Å². The van der Waals surface area contributed by atoms with Crippen LogP contribution in [0, 0.1) is 0 Å². The number of rotatable bonds is 6. The number of hydrogen-bond donors (Lipinski definition) is 1. The number of benzene rings is 1. The molecule has 21 heavy (non-hydrogen) atoms. The molecule has 2 fully saturated rings. The number of nitrogens with one attached hydrogen (secondary N) is 1. The van der Waals surface area contributed by atoms with Gasteiger partial charge >= 0.3 is 0 Å². The molecule has 3 nitrogen and oxygen atoms in total. The first-order valence-corrected chi connectivity index (χ1v) is 8.39. The van der Waals surface area contributed by atoms with Crippen molar-refractivity contribution in [3.05, 3.63) is 29.8 Å². The Morgan fingerprint density at radius 1 is 1.24 bits per heavy atom. The van der Waals surface area contributed by atoms with Gasteiger partial charge in [-0.15, -0.1) is 0 Å². The number of fused-ring (bicyclic) bond motifs is 1. The minimum Gasteiger partial charge on any atom is -0.497 e. The summed E-state index contributed by atoms with van der Waals surface area (Å²) in [5.74, 6) is 0.942. The Morgan fingerprint density at radius 3 is 2.81 bits per heavy atom. The third kappa shape index (κ3) is 3.58. The zero-order valence-corrected chi connectivity index (χ0v) is 13.3. The smallest absolute Gasteiger partial charge is 0.118 e. The molecule has 2 aliphatic heterocycles. The average Bonchev–Trinajstić information content (AvgIpc) is 3.11. The van der Waals surface area contributed by atoms with Crippen molar-refractivity contribution in [2.75, 3.05) is 20.2 Å². The molecular formula is C18H28N2O. The van der Waals surface area contributed by atoms with Crippen LogP contribution in [0.3, 0.4) is 0 Å². The van der Waals surface area contributed by atoms with Gasteiger partial charge in [-0.2, -0.15) is 0 Å². The largest absolute Gasteiger partial charge is 0.497 e. The van der Waals surface area contributed by atoms with Gasteiger partial charge in [-0.1, -0.05) is 12.1 Å². The van der Waals surface area contributed by atoms with E-state index in [2.05, 4.69) is 41.4 Å². The molecule has 116 valence electrons. The Hall–Kier alpha value is -1.06. The Balaban J connectivity index is 1.44. The van der Waals surface area contributed by atoms with Crippen molar-refractivity contribution in [1.82, 2.24) is 10.2 Å². The van der Waals surface area contributed by atoms with Crippen LogP contribution in [0.1, 0.15) is 38.2 Å². The maximum absolute atomic E-state index is 5.21. The first kappa shape index (κ1) is 14.9. The molecule has 2 saturated heterocycles. The van der Waals surface area contributed by atoms with Crippen LogP contribution in [0.2, 0.25) is 0 Å². The number of ether oxygens (including phenoxy) is 1. The predicted molar refractivity (Wildman–Crippen MR) is 86.9 cm³/mol. The van der Waals surface area contributed by atoms with E-state index in [0.717, 1.165) is 24.3 Å². The van der Waals surface area contributed by atoms with Gasteiger partial charge in [0.15, 0.2) is 0 Å². The van der Waals surface area contributed by atoms with Gasteiger partial charge in [0.2, 0.25) is 0 Å².